The van der Waals surface area contributed by atoms with Crippen molar-refractivity contribution >= 4 is 34.3 Å². The predicted molar refractivity (Wildman–Crippen MR) is 128 cm³/mol. The van der Waals surface area contributed by atoms with Gasteiger partial charge in [-0.15, -0.1) is 0 Å². The second-order valence-electron chi connectivity index (χ2n) is 7.87. The highest BCUT2D eigenvalue weighted by atomic mass is 16.2. The van der Waals surface area contributed by atoms with Gasteiger partial charge in [-0.2, -0.15) is 0 Å². The molecule has 2 aromatic heterocycles. The second-order valence-corrected chi connectivity index (χ2v) is 7.87. The van der Waals surface area contributed by atoms with E-state index < -0.39 is 0 Å². The van der Waals surface area contributed by atoms with E-state index in [0.717, 1.165) is 50.8 Å². The number of carbonyl (C=O) groups excluding carboxylic acids is 1. The molecule has 0 saturated heterocycles. The molecule has 0 bridgehead atoms. The van der Waals surface area contributed by atoms with Gasteiger partial charge in [0.1, 0.15) is 0 Å². The fourth-order valence-electron chi connectivity index (χ4n) is 3.89. The number of carbonyl (C=O) groups is 1. The van der Waals surface area contributed by atoms with Crippen LogP contribution in [0.4, 0.5) is 28.4 Å². The zero-order chi connectivity index (χ0) is 22.1. The van der Waals surface area contributed by atoms with E-state index in [-0.39, 0.29) is 5.91 Å². The number of benzene rings is 2. The summed E-state index contributed by atoms with van der Waals surface area (Å²) in [5.41, 5.74) is 8.58. The molecule has 6 heteroatoms. The van der Waals surface area contributed by atoms with E-state index in [4.69, 9.17) is 0 Å². The largest absolute Gasteiger partial charge is 0.355 e. The van der Waals surface area contributed by atoms with Gasteiger partial charge >= 0.3 is 0 Å². The summed E-state index contributed by atoms with van der Waals surface area (Å²) < 4.78 is 0. The summed E-state index contributed by atoms with van der Waals surface area (Å²) in [6, 6.07) is 19.6. The van der Waals surface area contributed by atoms with Gasteiger partial charge in [0.15, 0.2) is 0 Å². The Bertz CT molecular complexity index is 1300. The Morgan fingerprint density at radius 3 is 2.50 bits per heavy atom. The normalized spacial score (nSPS) is 12.6. The lowest BCUT2D eigenvalue weighted by molar-refractivity contribution is 0.0996. The molecule has 2 N–H and O–H groups in total. The van der Waals surface area contributed by atoms with Gasteiger partial charge in [-0.05, 0) is 79.6 Å². The van der Waals surface area contributed by atoms with E-state index in [9.17, 15) is 4.79 Å². The number of nitrogens with zero attached hydrogens (tertiary/aromatic N) is 3. The lowest BCUT2D eigenvalue weighted by atomic mass is 10.1. The third-order valence-electron chi connectivity index (χ3n) is 5.77. The number of fused-ring (bicyclic) bond motifs is 1. The summed E-state index contributed by atoms with van der Waals surface area (Å²) in [5, 5.41) is 6.82. The zero-order valence-corrected chi connectivity index (χ0v) is 18.0. The van der Waals surface area contributed by atoms with Crippen molar-refractivity contribution in [3.63, 3.8) is 0 Å². The molecule has 2 aromatic carbocycles. The summed E-state index contributed by atoms with van der Waals surface area (Å²) in [7, 11) is 0. The van der Waals surface area contributed by atoms with Gasteiger partial charge in [-0.25, -0.2) is 0 Å². The van der Waals surface area contributed by atoms with Crippen molar-refractivity contribution < 1.29 is 4.79 Å². The van der Waals surface area contributed by atoms with Gasteiger partial charge in [0.2, 0.25) is 0 Å². The minimum atomic E-state index is 0.0172. The highest BCUT2D eigenvalue weighted by Crippen LogP contribution is 2.33. The van der Waals surface area contributed by atoms with Gasteiger partial charge in [0.25, 0.3) is 5.91 Å². The molecule has 1 aliphatic rings. The Kier molecular flexibility index (Phi) is 5.03. The molecule has 0 radical (unpaired) electrons. The van der Waals surface area contributed by atoms with E-state index in [1.807, 2.05) is 66.4 Å². The number of hydrogen-bond donors (Lipinski definition) is 2. The fraction of sp³-hybridized carbons (Fsp3) is 0.115. The number of amides is 1. The van der Waals surface area contributed by atoms with Crippen LogP contribution < -0.4 is 15.5 Å². The van der Waals surface area contributed by atoms with Crippen molar-refractivity contribution in [2.75, 3.05) is 15.5 Å². The van der Waals surface area contributed by atoms with Gasteiger partial charge in [0.05, 0.1) is 6.54 Å². The molecule has 0 atom stereocenters. The maximum atomic E-state index is 13.1. The standard InChI is InChI=1S/C26H23N5O/c1-17-18(2)28-13-10-25(17)30-22-6-7-24-19(14-22)16-31(26(24)32)23-5-3-4-21(15-23)29-20-8-11-27-12-9-20/h3-15H,16H2,1-2H3,(H,27,29)(H,28,30). The van der Waals surface area contributed by atoms with Gasteiger partial charge < -0.3 is 15.5 Å². The van der Waals surface area contributed by atoms with Gasteiger partial charge in [0, 0.05) is 58.3 Å². The molecule has 0 unspecified atom stereocenters. The molecule has 0 aliphatic carbocycles. The van der Waals surface area contributed by atoms with Gasteiger partial charge in [-0.3, -0.25) is 14.8 Å². The summed E-state index contributed by atoms with van der Waals surface area (Å²) in [6.07, 6.45) is 5.29. The molecule has 5 rings (SSSR count). The van der Waals surface area contributed by atoms with Crippen molar-refractivity contribution in [2.45, 2.75) is 20.4 Å². The fourth-order valence-corrected chi connectivity index (χ4v) is 3.89. The molecule has 3 heterocycles. The Hall–Kier alpha value is -4.19. The average Bonchev–Trinajstić information content (AvgIpc) is 3.14. The second kappa shape index (κ2) is 8.15. The summed E-state index contributed by atoms with van der Waals surface area (Å²) in [5.74, 6) is 0.0172. The van der Waals surface area contributed by atoms with Crippen LogP contribution in [0.5, 0.6) is 0 Å². The minimum Gasteiger partial charge on any atom is -0.355 e. The zero-order valence-electron chi connectivity index (χ0n) is 18.0. The first-order valence-corrected chi connectivity index (χ1v) is 10.5. The van der Waals surface area contributed by atoms with Crippen LogP contribution in [0.15, 0.2) is 79.3 Å². The first-order chi connectivity index (χ1) is 15.6. The maximum absolute atomic E-state index is 13.1. The van der Waals surface area contributed by atoms with Crippen LogP contribution >= 0.6 is 0 Å². The molecule has 158 valence electrons. The van der Waals surface area contributed by atoms with Crippen molar-refractivity contribution in [2.24, 2.45) is 0 Å². The molecule has 4 aromatic rings. The molecule has 1 amide bonds. The summed E-state index contributed by atoms with van der Waals surface area (Å²) >= 11 is 0. The number of hydrogen-bond acceptors (Lipinski definition) is 5. The predicted octanol–water partition coefficient (Wildman–Crippen LogP) is 5.74. The van der Waals surface area contributed by atoms with Crippen molar-refractivity contribution in [3.8, 4) is 0 Å². The quantitative estimate of drug-likeness (QED) is 0.430. The Balaban J connectivity index is 1.37. The van der Waals surface area contributed by atoms with Crippen LogP contribution in [0, 0.1) is 13.8 Å². The third-order valence-corrected chi connectivity index (χ3v) is 5.77. The van der Waals surface area contributed by atoms with E-state index in [0.29, 0.717) is 6.54 Å². The number of aromatic nitrogens is 2. The van der Waals surface area contributed by atoms with Crippen LogP contribution in [0.3, 0.4) is 0 Å². The molecule has 32 heavy (non-hydrogen) atoms. The number of nitrogens with one attached hydrogen (secondary N) is 2. The first-order valence-electron chi connectivity index (χ1n) is 10.5. The monoisotopic (exact) mass is 421 g/mol. The molecule has 6 nitrogen and oxygen atoms in total. The highest BCUT2D eigenvalue weighted by molar-refractivity contribution is 6.10. The summed E-state index contributed by atoms with van der Waals surface area (Å²) in [6.45, 7) is 4.59. The van der Waals surface area contributed by atoms with Crippen LogP contribution in [-0.2, 0) is 6.54 Å². The maximum Gasteiger partial charge on any atom is 0.258 e. The molecule has 0 saturated carbocycles. The molecule has 0 spiro atoms. The Morgan fingerprint density at radius 1 is 0.844 bits per heavy atom. The van der Waals surface area contributed by atoms with Gasteiger partial charge in [-0.1, -0.05) is 6.07 Å². The van der Waals surface area contributed by atoms with E-state index in [2.05, 4.69) is 33.6 Å². The minimum absolute atomic E-state index is 0.0172. The first kappa shape index (κ1) is 19.8. The Morgan fingerprint density at radius 2 is 1.66 bits per heavy atom. The highest BCUT2D eigenvalue weighted by Gasteiger charge is 2.28. The third kappa shape index (κ3) is 3.78. The number of pyridine rings is 2. The lowest BCUT2D eigenvalue weighted by Gasteiger charge is -2.17. The topological polar surface area (TPSA) is 70.2 Å². The van der Waals surface area contributed by atoms with Crippen molar-refractivity contribution in [3.05, 3.63) is 102 Å². The lowest BCUT2D eigenvalue weighted by Crippen LogP contribution is -2.22. The molecule has 1 aliphatic heterocycles. The molecular weight excluding hydrogens is 398 g/mol. The van der Waals surface area contributed by atoms with Crippen LogP contribution in [-0.4, -0.2) is 15.9 Å². The molecule has 0 fully saturated rings. The van der Waals surface area contributed by atoms with E-state index in [1.54, 1.807) is 18.6 Å². The molecular formula is C26H23N5O. The van der Waals surface area contributed by atoms with Crippen molar-refractivity contribution in [1.82, 2.24) is 9.97 Å². The van der Waals surface area contributed by atoms with Crippen LogP contribution in [0.1, 0.15) is 27.2 Å². The van der Waals surface area contributed by atoms with E-state index >= 15 is 0 Å². The Labute approximate surface area is 187 Å². The van der Waals surface area contributed by atoms with Crippen molar-refractivity contribution in [1.29, 1.82) is 0 Å². The SMILES string of the molecule is Cc1nccc(Nc2ccc3c(c2)CN(c2cccc(Nc4ccncc4)c2)C3=O)c1C. The number of anilines is 5. The van der Waals surface area contributed by atoms with Crippen LogP contribution in [0.2, 0.25) is 0 Å². The number of rotatable bonds is 5. The summed E-state index contributed by atoms with van der Waals surface area (Å²) in [4.78, 5) is 23.3. The smallest absolute Gasteiger partial charge is 0.258 e. The number of aryl methyl sites for hydroxylation is 1. The van der Waals surface area contributed by atoms with Crippen LogP contribution in [0.25, 0.3) is 0 Å². The average molecular weight is 422 g/mol. The van der Waals surface area contributed by atoms with E-state index in [1.165, 1.54) is 0 Å².